The molecule has 2 atom stereocenters. The Labute approximate surface area is 113 Å². The van der Waals surface area contributed by atoms with E-state index in [4.69, 9.17) is 4.74 Å². The number of aliphatic hydroxyl groups is 1. The second-order valence-corrected chi connectivity index (χ2v) is 4.82. The molecule has 5 nitrogen and oxygen atoms in total. The molecule has 1 heterocycles. The van der Waals surface area contributed by atoms with Gasteiger partial charge in [0.2, 0.25) is 5.91 Å². The first-order chi connectivity index (χ1) is 9.11. The summed E-state index contributed by atoms with van der Waals surface area (Å²) in [6.07, 6.45) is -0.145. The summed E-state index contributed by atoms with van der Waals surface area (Å²) >= 11 is 0. The van der Waals surface area contributed by atoms with E-state index >= 15 is 0 Å². The van der Waals surface area contributed by atoms with Gasteiger partial charge in [-0.25, -0.2) is 0 Å². The minimum Gasteiger partial charge on any atom is -0.497 e. The molecule has 5 heteroatoms. The predicted molar refractivity (Wildman–Crippen MR) is 72.1 cm³/mol. The lowest BCUT2D eigenvalue weighted by molar-refractivity contribution is -0.132. The van der Waals surface area contributed by atoms with Crippen molar-refractivity contribution in [1.82, 2.24) is 10.2 Å². The standard InChI is InChI=1S/C14H20N2O3/c1-16(12-8-15-9-13(12)17)14(18)7-10-3-5-11(19-2)6-4-10/h3-6,12-13,15,17H,7-9H2,1-2H3/t12-,13-/m0/s1. The predicted octanol–water partition coefficient (Wildman–Crippen LogP) is 0.0288. The van der Waals surface area contributed by atoms with E-state index in [-0.39, 0.29) is 11.9 Å². The van der Waals surface area contributed by atoms with Crippen molar-refractivity contribution in [1.29, 1.82) is 0 Å². The number of hydrogen-bond acceptors (Lipinski definition) is 4. The molecule has 1 amide bonds. The second kappa shape index (κ2) is 6.04. The van der Waals surface area contributed by atoms with E-state index in [9.17, 15) is 9.90 Å². The van der Waals surface area contributed by atoms with Crippen molar-refractivity contribution in [2.75, 3.05) is 27.2 Å². The van der Waals surface area contributed by atoms with Gasteiger partial charge in [-0.2, -0.15) is 0 Å². The Kier molecular flexibility index (Phi) is 4.39. The van der Waals surface area contributed by atoms with Crippen LogP contribution < -0.4 is 10.1 Å². The Balaban J connectivity index is 1.95. The monoisotopic (exact) mass is 264 g/mol. The second-order valence-electron chi connectivity index (χ2n) is 4.82. The van der Waals surface area contributed by atoms with Crippen molar-refractivity contribution in [3.63, 3.8) is 0 Å². The number of β-amino-alcohol motifs (C(OH)–C–C–N with tert-alkyl or cyclic N) is 1. The van der Waals surface area contributed by atoms with Crippen molar-refractivity contribution in [3.05, 3.63) is 29.8 Å². The summed E-state index contributed by atoms with van der Waals surface area (Å²) in [6, 6.07) is 7.32. The maximum Gasteiger partial charge on any atom is 0.227 e. The summed E-state index contributed by atoms with van der Waals surface area (Å²) in [5.41, 5.74) is 0.943. The zero-order valence-corrected chi connectivity index (χ0v) is 11.3. The molecule has 2 N–H and O–H groups in total. The van der Waals surface area contributed by atoms with E-state index < -0.39 is 6.10 Å². The molecule has 1 aliphatic rings. The van der Waals surface area contributed by atoms with Gasteiger partial charge in [0.05, 0.1) is 25.7 Å². The molecular formula is C14H20N2O3. The first-order valence-corrected chi connectivity index (χ1v) is 6.39. The van der Waals surface area contributed by atoms with Crippen molar-refractivity contribution >= 4 is 5.91 Å². The average Bonchev–Trinajstić information content (AvgIpc) is 2.85. The number of benzene rings is 1. The number of carbonyl (C=O) groups excluding carboxylic acids is 1. The molecule has 0 radical (unpaired) electrons. The minimum absolute atomic E-state index is 0.0120. The third-order valence-corrected chi connectivity index (χ3v) is 3.56. The number of likely N-dealkylation sites (N-methyl/N-ethyl adjacent to an activating group) is 1. The first kappa shape index (κ1) is 13.8. The Morgan fingerprint density at radius 1 is 1.42 bits per heavy atom. The van der Waals surface area contributed by atoms with E-state index in [2.05, 4.69) is 5.32 Å². The lowest BCUT2D eigenvalue weighted by Crippen LogP contribution is -2.44. The Morgan fingerprint density at radius 3 is 2.63 bits per heavy atom. The molecule has 0 aliphatic carbocycles. The van der Waals surface area contributed by atoms with Crippen LogP contribution in [0.15, 0.2) is 24.3 Å². The summed E-state index contributed by atoms with van der Waals surface area (Å²) in [5.74, 6) is 0.790. The Hall–Kier alpha value is -1.59. The quantitative estimate of drug-likeness (QED) is 0.805. The van der Waals surface area contributed by atoms with E-state index in [1.807, 2.05) is 24.3 Å². The van der Waals surface area contributed by atoms with Crippen molar-refractivity contribution in [2.24, 2.45) is 0 Å². The maximum absolute atomic E-state index is 12.2. The lowest BCUT2D eigenvalue weighted by atomic mass is 10.1. The van der Waals surface area contributed by atoms with Crippen LogP contribution in [0.3, 0.4) is 0 Å². The number of methoxy groups -OCH3 is 1. The highest BCUT2D eigenvalue weighted by Gasteiger charge is 2.30. The van der Waals surface area contributed by atoms with Gasteiger partial charge < -0.3 is 20.1 Å². The molecule has 1 saturated heterocycles. The van der Waals surface area contributed by atoms with Gasteiger partial charge in [0.25, 0.3) is 0 Å². The van der Waals surface area contributed by atoms with Gasteiger partial charge >= 0.3 is 0 Å². The number of carbonyl (C=O) groups is 1. The van der Waals surface area contributed by atoms with E-state index in [0.29, 0.717) is 19.5 Å². The number of aliphatic hydroxyl groups excluding tert-OH is 1. The fourth-order valence-electron chi connectivity index (χ4n) is 2.27. The van der Waals surface area contributed by atoms with Gasteiger partial charge in [0.1, 0.15) is 5.75 Å². The molecule has 0 aromatic heterocycles. The number of ether oxygens (including phenoxy) is 1. The molecule has 19 heavy (non-hydrogen) atoms. The molecule has 0 saturated carbocycles. The van der Waals surface area contributed by atoms with Crippen molar-refractivity contribution in [2.45, 2.75) is 18.6 Å². The summed E-state index contributed by atoms with van der Waals surface area (Å²) in [4.78, 5) is 13.8. The summed E-state index contributed by atoms with van der Waals surface area (Å²) in [6.45, 7) is 1.19. The van der Waals surface area contributed by atoms with Gasteiger partial charge in [-0.15, -0.1) is 0 Å². The summed E-state index contributed by atoms with van der Waals surface area (Å²) < 4.78 is 5.08. The Bertz CT molecular complexity index is 433. The third-order valence-electron chi connectivity index (χ3n) is 3.56. The average molecular weight is 264 g/mol. The van der Waals surface area contributed by atoms with Crippen LogP contribution in [0.4, 0.5) is 0 Å². The van der Waals surface area contributed by atoms with Crippen LogP contribution in [0.2, 0.25) is 0 Å². The fraction of sp³-hybridized carbons (Fsp3) is 0.500. The molecular weight excluding hydrogens is 244 g/mol. The molecule has 0 unspecified atom stereocenters. The van der Waals surface area contributed by atoms with E-state index in [1.165, 1.54) is 0 Å². The normalized spacial score (nSPS) is 22.3. The molecule has 104 valence electrons. The number of hydrogen-bond donors (Lipinski definition) is 2. The molecule has 1 aromatic carbocycles. The molecule has 2 rings (SSSR count). The highest BCUT2D eigenvalue weighted by atomic mass is 16.5. The number of nitrogens with zero attached hydrogens (tertiary/aromatic N) is 1. The van der Waals surface area contributed by atoms with Gasteiger partial charge in [0, 0.05) is 20.1 Å². The van der Waals surface area contributed by atoms with Crippen LogP contribution in [0, 0.1) is 0 Å². The van der Waals surface area contributed by atoms with E-state index in [0.717, 1.165) is 11.3 Å². The zero-order valence-electron chi connectivity index (χ0n) is 11.3. The third kappa shape index (κ3) is 3.24. The molecule has 1 aliphatic heterocycles. The van der Waals surface area contributed by atoms with Crippen LogP contribution in [0.25, 0.3) is 0 Å². The largest absolute Gasteiger partial charge is 0.497 e. The highest BCUT2D eigenvalue weighted by molar-refractivity contribution is 5.79. The zero-order chi connectivity index (χ0) is 13.8. The van der Waals surface area contributed by atoms with Gasteiger partial charge in [-0.05, 0) is 17.7 Å². The molecule has 1 aromatic rings. The molecule has 0 bridgehead atoms. The van der Waals surface area contributed by atoms with Crippen LogP contribution in [-0.4, -0.2) is 55.3 Å². The Morgan fingerprint density at radius 2 is 2.11 bits per heavy atom. The van der Waals surface area contributed by atoms with Crippen LogP contribution in [0.5, 0.6) is 5.75 Å². The van der Waals surface area contributed by atoms with Crippen LogP contribution >= 0.6 is 0 Å². The minimum atomic E-state index is -0.482. The maximum atomic E-state index is 12.2. The first-order valence-electron chi connectivity index (χ1n) is 6.39. The van der Waals surface area contributed by atoms with Crippen molar-refractivity contribution < 1.29 is 14.6 Å². The van der Waals surface area contributed by atoms with Crippen LogP contribution in [-0.2, 0) is 11.2 Å². The van der Waals surface area contributed by atoms with Gasteiger partial charge in [-0.1, -0.05) is 12.1 Å². The summed E-state index contributed by atoms with van der Waals surface area (Å²) in [5, 5.41) is 12.8. The molecule has 0 spiro atoms. The lowest BCUT2D eigenvalue weighted by Gasteiger charge is -2.26. The topological polar surface area (TPSA) is 61.8 Å². The van der Waals surface area contributed by atoms with Gasteiger partial charge in [-0.3, -0.25) is 4.79 Å². The number of amides is 1. The molecule has 1 fully saturated rings. The number of nitrogens with one attached hydrogen (secondary N) is 1. The fourth-order valence-corrected chi connectivity index (χ4v) is 2.27. The SMILES string of the molecule is COc1ccc(CC(=O)N(C)[C@H]2CNC[C@@H]2O)cc1. The summed E-state index contributed by atoms with van der Waals surface area (Å²) in [7, 11) is 3.36. The van der Waals surface area contributed by atoms with Crippen molar-refractivity contribution in [3.8, 4) is 5.75 Å². The van der Waals surface area contributed by atoms with Crippen LogP contribution in [0.1, 0.15) is 5.56 Å². The number of rotatable bonds is 4. The van der Waals surface area contributed by atoms with Gasteiger partial charge in [0.15, 0.2) is 0 Å². The van der Waals surface area contributed by atoms with E-state index in [1.54, 1.807) is 19.1 Å². The smallest absolute Gasteiger partial charge is 0.227 e. The highest BCUT2D eigenvalue weighted by Crippen LogP contribution is 2.14.